The average Bonchev–Trinajstić information content (AvgIpc) is 3.21. The number of ether oxygens (including phenoxy) is 1. The van der Waals surface area contributed by atoms with Crippen LogP contribution in [0.5, 0.6) is 5.75 Å². The molecule has 1 amide bonds. The van der Waals surface area contributed by atoms with Crippen LogP contribution in [-0.2, 0) is 13.7 Å². The molecule has 0 saturated heterocycles. The van der Waals surface area contributed by atoms with Gasteiger partial charge in [0.15, 0.2) is 0 Å². The first-order valence-electron chi connectivity index (χ1n) is 10.6. The van der Waals surface area contributed by atoms with Gasteiger partial charge in [-0.2, -0.15) is 5.10 Å². The molecule has 1 heterocycles. The van der Waals surface area contributed by atoms with Crippen molar-refractivity contribution in [3.63, 3.8) is 0 Å². The van der Waals surface area contributed by atoms with E-state index >= 15 is 0 Å². The summed E-state index contributed by atoms with van der Waals surface area (Å²) >= 11 is 0. The van der Waals surface area contributed by atoms with E-state index in [1.807, 2.05) is 75.6 Å². The van der Waals surface area contributed by atoms with Crippen molar-refractivity contribution in [1.29, 1.82) is 0 Å². The number of amides is 1. The number of carbonyl (C=O) groups excluding carboxylic acids is 1. The molecule has 1 N–H and O–H groups in total. The third kappa shape index (κ3) is 4.72. The van der Waals surface area contributed by atoms with E-state index in [1.165, 1.54) is 5.56 Å². The van der Waals surface area contributed by atoms with Gasteiger partial charge in [0, 0.05) is 24.5 Å². The van der Waals surface area contributed by atoms with Gasteiger partial charge in [-0.25, -0.2) is 0 Å². The minimum atomic E-state index is -0.194. The molecule has 162 valence electrons. The third-order valence-corrected chi connectivity index (χ3v) is 5.42. The second-order valence-corrected chi connectivity index (χ2v) is 8.12. The van der Waals surface area contributed by atoms with Crippen molar-refractivity contribution < 1.29 is 9.53 Å². The zero-order chi connectivity index (χ0) is 22.7. The van der Waals surface area contributed by atoms with Gasteiger partial charge in [-0.05, 0) is 55.2 Å². The van der Waals surface area contributed by atoms with E-state index in [4.69, 9.17) is 4.74 Å². The lowest BCUT2D eigenvalue weighted by atomic mass is 10.0. The zero-order valence-electron chi connectivity index (χ0n) is 18.8. The molecule has 0 unspecified atom stereocenters. The van der Waals surface area contributed by atoms with Crippen molar-refractivity contribution in [2.45, 2.75) is 27.4 Å². The lowest BCUT2D eigenvalue weighted by molar-refractivity contribution is 0.102. The van der Waals surface area contributed by atoms with Crippen LogP contribution in [-0.4, -0.2) is 15.7 Å². The van der Waals surface area contributed by atoms with Crippen LogP contribution >= 0.6 is 0 Å². The van der Waals surface area contributed by atoms with Gasteiger partial charge in [-0.15, -0.1) is 0 Å². The Morgan fingerprint density at radius 2 is 1.69 bits per heavy atom. The molecule has 0 aliphatic carbocycles. The molecule has 1 aromatic heterocycles. The van der Waals surface area contributed by atoms with E-state index < -0.39 is 0 Å². The van der Waals surface area contributed by atoms with Crippen LogP contribution in [0.25, 0.3) is 11.1 Å². The summed E-state index contributed by atoms with van der Waals surface area (Å²) in [6.45, 7) is 6.44. The van der Waals surface area contributed by atoms with Crippen molar-refractivity contribution in [3.8, 4) is 16.9 Å². The number of rotatable bonds is 6. The van der Waals surface area contributed by atoms with E-state index in [0.29, 0.717) is 17.9 Å². The Bertz CT molecular complexity index is 1240. The van der Waals surface area contributed by atoms with Gasteiger partial charge in [0.2, 0.25) is 0 Å². The van der Waals surface area contributed by atoms with Gasteiger partial charge in [-0.1, -0.05) is 54.1 Å². The molecule has 5 nitrogen and oxygen atoms in total. The number of hydrogen-bond acceptors (Lipinski definition) is 3. The van der Waals surface area contributed by atoms with Gasteiger partial charge >= 0.3 is 0 Å². The Morgan fingerprint density at radius 1 is 0.969 bits per heavy atom. The highest BCUT2D eigenvalue weighted by molar-refractivity contribution is 6.07. The second-order valence-electron chi connectivity index (χ2n) is 8.12. The van der Waals surface area contributed by atoms with Crippen LogP contribution in [0.15, 0.2) is 73.1 Å². The molecule has 5 heteroatoms. The smallest absolute Gasteiger partial charge is 0.259 e. The van der Waals surface area contributed by atoms with Crippen LogP contribution in [0.1, 0.15) is 32.6 Å². The Labute approximate surface area is 188 Å². The zero-order valence-corrected chi connectivity index (χ0v) is 18.8. The number of aromatic nitrogens is 2. The maximum Gasteiger partial charge on any atom is 0.259 e. The monoisotopic (exact) mass is 425 g/mol. The molecule has 4 rings (SSSR count). The van der Waals surface area contributed by atoms with Crippen molar-refractivity contribution in [3.05, 3.63) is 101 Å². The van der Waals surface area contributed by atoms with Crippen molar-refractivity contribution in [2.24, 2.45) is 7.05 Å². The highest BCUT2D eigenvalue weighted by atomic mass is 16.5. The minimum absolute atomic E-state index is 0.194. The molecule has 0 bridgehead atoms. The van der Waals surface area contributed by atoms with Crippen LogP contribution in [0.2, 0.25) is 0 Å². The highest BCUT2D eigenvalue weighted by Crippen LogP contribution is 2.30. The molecule has 0 saturated carbocycles. The molecular weight excluding hydrogens is 398 g/mol. The molecule has 0 aliphatic heterocycles. The summed E-state index contributed by atoms with van der Waals surface area (Å²) in [5.74, 6) is 0.343. The summed E-state index contributed by atoms with van der Waals surface area (Å²) in [5.41, 5.74) is 7.53. The van der Waals surface area contributed by atoms with Gasteiger partial charge in [0.1, 0.15) is 12.4 Å². The lowest BCUT2D eigenvalue weighted by Gasteiger charge is -2.16. The van der Waals surface area contributed by atoms with Gasteiger partial charge in [0.25, 0.3) is 5.91 Å². The first-order valence-corrected chi connectivity index (χ1v) is 10.6. The average molecular weight is 426 g/mol. The molecule has 4 aromatic rings. The lowest BCUT2D eigenvalue weighted by Crippen LogP contribution is -2.15. The Morgan fingerprint density at radius 3 is 2.34 bits per heavy atom. The molecule has 0 aliphatic rings. The molecular formula is C27H27N3O2. The highest BCUT2D eigenvalue weighted by Gasteiger charge is 2.17. The Kier molecular flexibility index (Phi) is 6.08. The summed E-state index contributed by atoms with van der Waals surface area (Å²) in [6.07, 6.45) is 3.74. The largest absolute Gasteiger partial charge is 0.488 e. The number of benzene rings is 3. The summed E-state index contributed by atoms with van der Waals surface area (Å²) in [5, 5.41) is 7.34. The predicted molar refractivity (Wildman–Crippen MR) is 128 cm³/mol. The number of hydrogen-bond donors (Lipinski definition) is 1. The van der Waals surface area contributed by atoms with E-state index in [1.54, 1.807) is 10.9 Å². The normalized spacial score (nSPS) is 10.8. The third-order valence-electron chi connectivity index (χ3n) is 5.42. The molecule has 0 fully saturated rings. The number of carbonyl (C=O) groups is 1. The van der Waals surface area contributed by atoms with Crippen LogP contribution in [0, 0.1) is 20.8 Å². The number of nitrogens with zero attached hydrogens (tertiary/aromatic N) is 2. The van der Waals surface area contributed by atoms with Gasteiger partial charge < -0.3 is 10.1 Å². The number of anilines is 1. The summed E-state index contributed by atoms with van der Waals surface area (Å²) in [7, 11) is 1.88. The topological polar surface area (TPSA) is 56.2 Å². The fourth-order valence-electron chi connectivity index (χ4n) is 3.87. The molecule has 0 atom stereocenters. The van der Waals surface area contributed by atoms with Crippen LogP contribution in [0.3, 0.4) is 0 Å². The maximum atomic E-state index is 13.3. The summed E-state index contributed by atoms with van der Waals surface area (Å²) in [4.78, 5) is 13.3. The fraction of sp³-hybridized carbons (Fsp3) is 0.185. The molecule has 0 spiro atoms. The second kappa shape index (κ2) is 9.10. The first kappa shape index (κ1) is 21.4. The quantitative estimate of drug-likeness (QED) is 0.422. The van der Waals surface area contributed by atoms with Gasteiger partial charge in [-0.3, -0.25) is 9.48 Å². The van der Waals surface area contributed by atoms with Crippen molar-refractivity contribution in [2.75, 3.05) is 5.32 Å². The molecule has 3 aromatic carbocycles. The summed E-state index contributed by atoms with van der Waals surface area (Å²) < 4.78 is 7.90. The predicted octanol–water partition coefficient (Wildman–Crippen LogP) is 5.84. The van der Waals surface area contributed by atoms with E-state index in [9.17, 15) is 4.79 Å². The van der Waals surface area contributed by atoms with E-state index in [2.05, 4.69) is 29.5 Å². The Hall–Kier alpha value is -3.86. The van der Waals surface area contributed by atoms with Crippen LogP contribution in [0.4, 0.5) is 5.69 Å². The minimum Gasteiger partial charge on any atom is -0.488 e. The molecule has 0 radical (unpaired) electrons. The van der Waals surface area contributed by atoms with Crippen molar-refractivity contribution in [1.82, 2.24) is 9.78 Å². The van der Waals surface area contributed by atoms with Crippen LogP contribution < -0.4 is 10.1 Å². The Balaban J connectivity index is 1.67. The SMILES string of the molecule is Cc1cc(C)c(NC(=O)c2ccc(-c3cnn(C)c3)cc2OCc2ccccc2)c(C)c1. The van der Waals surface area contributed by atoms with Crippen molar-refractivity contribution >= 4 is 11.6 Å². The summed E-state index contributed by atoms with van der Waals surface area (Å²) in [6, 6.07) is 19.7. The standard InChI is InChI=1S/C27H27N3O2/c1-18-12-19(2)26(20(3)13-18)29-27(31)24-11-10-22(23-15-28-30(4)16-23)14-25(24)32-17-21-8-6-5-7-9-21/h5-16H,17H2,1-4H3,(H,29,31). The number of aryl methyl sites for hydroxylation is 4. The van der Waals surface area contributed by atoms with Gasteiger partial charge in [0.05, 0.1) is 11.8 Å². The molecule has 32 heavy (non-hydrogen) atoms. The fourth-order valence-corrected chi connectivity index (χ4v) is 3.87. The van der Waals surface area contributed by atoms with E-state index in [0.717, 1.165) is 33.5 Å². The maximum absolute atomic E-state index is 13.3. The number of nitrogens with one attached hydrogen (secondary N) is 1. The first-order chi connectivity index (χ1) is 15.4. The van der Waals surface area contributed by atoms with E-state index in [-0.39, 0.29) is 5.91 Å².